The van der Waals surface area contributed by atoms with Crippen LogP contribution in [-0.4, -0.2) is 39.0 Å². The molecule has 3 aromatic rings. The predicted octanol–water partition coefficient (Wildman–Crippen LogP) is 3.87. The van der Waals surface area contributed by atoms with Gasteiger partial charge in [0.2, 0.25) is 0 Å². The van der Waals surface area contributed by atoms with Gasteiger partial charge in [0.25, 0.3) is 0 Å². The molecule has 1 aromatic carbocycles. The minimum Gasteiger partial charge on any atom is -0.481 e. The van der Waals surface area contributed by atoms with Crippen molar-refractivity contribution in [2.45, 2.75) is 13.5 Å². The lowest BCUT2D eigenvalue weighted by Crippen LogP contribution is -2.28. The molecule has 1 atom stereocenters. The Morgan fingerprint density at radius 2 is 2.12 bits per heavy atom. The van der Waals surface area contributed by atoms with Crippen LogP contribution >= 0.6 is 22.9 Å². The molecule has 1 N–H and O–H groups in total. The van der Waals surface area contributed by atoms with Gasteiger partial charge in [0.15, 0.2) is 4.96 Å². The van der Waals surface area contributed by atoms with Gasteiger partial charge in [0.1, 0.15) is 0 Å². The van der Waals surface area contributed by atoms with E-state index in [9.17, 15) is 4.79 Å². The van der Waals surface area contributed by atoms with Gasteiger partial charge in [-0.1, -0.05) is 30.7 Å². The van der Waals surface area contributed by atoms with Crippen LogP contribution in [0.25, 0.3) is 16.2 Å². The fraction of sp³-hybridized carbons (Fsp3) is 0.294. The molecular weight excluding hydrogens is 346 g/mol. The molecule has 0 aliphatic carbocycles. The summed E-state index contributed by atoms with van der Waals surface area (Å²) < 4.78 is 2.07. The maximum absolute atomic E-state index is 11.1. The normalized spacial score (nSPS) is 12.8. The fourth-order valence-corrected chi connectivity index (χ4v) is 3.55. The van der Waals surface area contributed by atoms with E-state index in [1.807, 2.05) is 47.8 Å². The first kappa shape index (κ1) is 17.0. The van der Waals surface area contributed by atoms with Gasteiger partial charge in [-0.3, -0.25) is 14.1 Å². The van der Waals surface area contributed by atoms with Gasteiger partial charge in [-0.15, -0.1) is 11.3 Å². The monoisotopic (exact) mass is 363 g/mol. The number of aromatic nitrogens is 2. The quantitative estimate of drug-likeness (QED) is 0.722. The summed E-state index contributed by atoms with van der Waals surface area (Å²) in [5, 5.41) is 11.8. The van der Waals surface area contributed by atoms with Gasteiger partial charge in [0, 0.05) is 35.3 Å². The van der Waals surface area contributed by atoms with Crippen molar-refractivity contribution in [1.82, 2.24) is 14.3 Å². The molecule has 2 aromatic heterocycles. The number of imidazole rings is 1. The zero-order valence-electron chi connectivity index (χ0n) is 13.4. The van der Waals surface area contributed by atoms with Crippen LogP contribution in [0.1, 0.15) is 12.6 Å². The SMILES string of the molecule is CC(CN(C)Cc1c(-c2ccc(Cl)cc2)nc2sccn12)C(=O)O. The first-order valence-corrected chi connectivity index (χ1v) is 8.83. The number of nitrogens with zero attached hydrogens (tertiary/aromatic N) is 3. The molecule has 24 heavy (non-hydrogen) atoms. The summed E-state index contributed by atoms with van der Waals surface area (Å²) in [6, 6.07) is 7.62. The van der Waals surface area contributed by atoms with E-state index in [1.54, 1.807) is 18.3 Å². The number of hydrogen-bond donors (Lipinski definition) is 1. The lowest BCUT2D eigenvalue weighted by molar-refractivity contribution is -0.141. The molecular formula is C17H18ClN3O2S. The summed E-state index contributed by atoms with van der Waals surface area (Å²) in [6.45, 7) is 2.82. The second-order valence-electron chi connectivity index (χ2n) is 5.91. The molecule has 0 aliphatic rings. The number of rotatable bonds is 6. The maximum Gasteiger partial charge on any atom is 0.307 e. The maximum atomic E-state index is 11.1. The highest BCUT2D eigenvalue weighted by atomic mass is 35.5. The Labute approximate surface area is 149 Å². The summed E-state index contributed by atoms with van der Waals surface area (Å²) in [5.41, 5.74) is 2.96. The number of carbonyl (C=O) groups is 1. The van der Waals surface area contributed by atoms with Crippen LogP contribution in [-0.2, 0) is 11.3 Å². The molecule has 0 aliphatic heterocycles. The third-order valence-electron chi connectivity index (χ3n) is 3.91. The molecule has 5 nitrogen and oxygen atoms in total. The average Bonchev–Trinajstić information content (AvgIpc) is 3.11. The van der Waals surface area contributed by atoms with E-state index >= 15 is 0 Å². The van der Waals surface area contributed by atoms with Crippen molar-refractivity contribution >= 4 is 33.9 Å². The fourth-order valence-electron chi connectivity index (χ4n) is 2.69. The summed E-state index contributed by atoms with van der Waals surface area (Å²) >= 11 is 7.56. The molecule has 0 spiro atoms. The van der Waals surface area contributed by atoms with Crippen molar-refractivity contribution < 1.29 is 9.90 Å². The highest BCUT2D eigenvalue weighted by molar-refractivity contribution is 7.15. The van der Waals surface area contributed by atoms with E-state index in [1.165, 1.54) is 0 Å². The molecule has 0 saturated heterocycles. The Morgan fingerprint density at radius 1 is 1.42 bits per heavy atom. The van der Waals surface area contributed by atoms with Gasteiger partial charge >= 0.3 is 5.97 Å². The molecule has 0 saturated carbocycles. The molecule has 126 valence electrons. The summed E-state index contributed by atoms with van der Waals surface area (Å²) in [7, 11) is 1.93. The summed E-state index contributed by atoms with van der Waals surface area (Å²) in [6.07, 6.45) is 2.00. The van der Waals surface area contributed by atoms with E-state index in [2.05, 4.69) is 4.40 Å². The summed E-state index contributed by atoms with van der Waals surface area (Å²) in [5.74, 6) is -1.20. The van der Waals surface area contributed by atoms with Gasteiger partial charge in [-0.05, 0) is 19.2 Å². The molecule has 0 bridgehead atoms. The first-order chi connectivity index (χ1) is 11.5. The van der Waals surface area contributed by atoms with Crippen LogP contribution in [0, 0.1) is 5.92 Å². The molecule has 0 radical (unpaired) electrons. The number of benzene rings is 1. The Bertz CT molecular complexity index is 856. The van der Waals surface area contributed by atoms with E-state index in [4.69, 9.17) is 21.7 Å². The number of hydrogen-bond acceptors (Lipinski definition) is 4. The van der Waals surface area contributed by atoms with Crippen molar-refractivity contribution in [3.63, 3.8) is 0 Å². The van der Waals surface area contributed by atoms with Crippen LogP contribution in [0.2, 0.25) is 5.02 Å². The van der Waals surface area contributed by atoms with Gasteiger partial charge in [-0.25, -0.2) is 4.98 Å². The number of fused-ring (bicyclic) bond motifs is 1. The van der Waals surface area contributed by atoms with Crippen molar-refractivity contribution in [3.8, 4) is 11.3 Å². The highest BCUT2D eigenvalue weighted by Crippen LogP contribution is 2.28. The van der Waals surface area contributed by atoms with Gasteiger partial charge in [0.05, 0.1) is 17.3 Å². The lowest BCUT2D eigenvalue weighted by Gasteiger charge is -2.19. The molecule has 2 heterocycles. The van der Waals surface area contributed by atoms with Crippen molar-refractivity contribution in [2.75, 3.05) is 13.6 Å². The van der Waals surface area contributed by atoms with Gasteiger partial charge in [-0.2, -0.15) is 0 Å². The van der Waals surface area contributed by atoms with Crippen molar-refractivity contribution in [2.24, 2.45) is 5.92 Å². The van der Waals surface area contributed by atoms with Crippen LogP contribution in [0.4, 0.5) is 0 Å². The minimum absolute atomic E-state index is 0.417. The topological polar surface area (TPSA) is 57.8 Å². The van der Waals surface area contributed by atoms with E-state index in [0.29, 0.717) is 18.1 Å². The third-order valence-corrected chi connectivity index (χ3v) is 4.91. The van der Waals surface area contributed by atoms with E-state index < -0.39 is 11.9 Å². The lowest BCUT2D eigenvalue weighted by atomic mass is 10.1. The molecule has 1 unspecified atom stereocenters. The van der Waals surface area contributed by atoms with Crippen LogP contribution in [0.5, 0.6) is 0 Å². The largest absolute Gasteiger partial charge is 0.481 e. The molecule has 7 heteroatoms. The zero-order valence-corrected chi connectivity index (χ0v) is 15.0. The Hall–Kier alpha value is -1.89. The van der Waals surface area contributed by atoms with Crippen molar-refractivity contribution in [3.05, 3.63) is 46.6 Å². The zero-order chi connectivity index (χ0) is 17.3. The van der Waals surface area contributed by atoms with Crippen LogP contribution in [0.15, 0.2) is 35.8 Å². The van der Waals surface area contributed by atoms with E-state index in [-0.39, 0.29) is 0 Å². The molecule has 3 rings (SSSR count). The number of thiazole rings is 1. The smallest absolute Gasteiger partial charge is 0.307 e. The average molecular weight is 364 g/mol. The number of aliphatic carboxylic acids is 1. The second kappa shape index (κ2) is 6.93. The van der Waals surface area contributed by atoms with Crippen LogP contribution < -0.4 is 0 Å². The molecule has 0 amide bonds. The third kappa shape index (κ3) is 3.45. The summed E-state index contributed by atoms with van der Waals surface area (Å²) in [4.78, 5) is 18.7. The molecule has 0 fully saturated rings. The van der Waals surface area contributed by atoms with E-state index in [0.717, 1.165) is 21.9 Å². The second-order valence-corrected chi connectivity index (χ2v) is 7.22. The Balaban J connectivity index is 1.93. The standard InChI is InChI=1S/C17H18ClN3O2S/c1-11(16(22)23)9-20(2)10-14-15(12-3-5-13(18)6-4-12)19-17-21(14)7-8-24-17/h3-8,11H,9-10H2,1-2H3,(H,22,23). The number of carboxylic acid groups (broad SMARTS) is 1. The number of carboxylic acids is 1. The Morgan fingerprint density at radius 3 is 2.79 bits per heavy atom. The van der Waals surface area contributed by atoms with Crippen LogP contribution in [0.3, 0.4) is 0 Å². The van der Waals surface area contributed by atoms with Crippen molar-refractivity contribution in [1.29, 1.82) is 0 Å². The van der Waals surface area contributed by atoms with Gasteiger partial charge < -0.3 is 5.11 Å². The number of halogens is 1. The Kier molecular flexibility index (Phi) is 4.89. The predicted molar refractivity (Wildman–Crippen MR) is 96.6 cm³/mol. The minimum atomic E-state index is -0.784. The highest BCUT2D eigenvalue weighted by Gasteiger charge is 2.19. The first-order valence-electron chi connectivity index (χ1n) is 7.57.